The van der Waals surface area contributed by atoms with Crippen molar-refractivity contribution in [2.45, 2.75) is 47.0 Å². The molecule has 0 aromatic heterocycles. The standard InChI is InChI=1S/C17H33N3O3.HI/c1-5-17(4,13-21)12-19-16(18-6-2)20-10-8-9-14(11-20)15(22)23-7-3;/h14,21H,5-13H2,1-4H3,(H,18,19);1H/t14-,17?;/m1./s1. The van der Waals surface area contributed by atoms with E-state index in [4.69, 9.17) is 9.73 Å². The normalized spacial score (nSPS) is 20.8. The van der Waals surface area contributed by atoms with Crippen LogP contribution >= 0.6 is 24.0 Å². The Bertz CT molecular complexity index is 401. The van der Waals surface area contributed by atoms with Crippen molar-refractivity contribution in [3.63, 3.8) is 0 Å². The summed E-state index contributed by atoms with van der Waals surface area (Å²) in [5, 5.41) is 12.9. The minimum atomic E-state index is -0.197. The number of esters is 1. The molecule has 2 N–H and O–H groups in total. The van der Waals surface area contributed by atoms with Crippen molar-refractivity contribution in [2.75, 3.05) is 39.4 Å². The maximum absolute atomic E-state index is 12.0. The fraction of sp³-hybridized carbons (Fsp3) is 0.882. The van der Waals surface area contributed by atoms with Gasteiger partial charge in [-0.3, -0.25) is 9.79 Å². The second kappa shape index (κ2) is 11.9. The van der Waals surface area contributed by atoms with E-state index in [2.05, 4.69) is 17.1 Å². The van der Waals surface area contributed by atoms with E-state index >= 15 is 0 Å². The van der Waals surface area contributed by atoms with Crippen molar-refractivity contribution in [3.8, 4) is 0 Å². The van der Waals surface area contributed by atoms with Crippen LogP contribution in [0.4, 0.5) is 0 Å². The Morgan fingerprint density at radius 3 is 2.67 bits per heavy atom. The van der Waals surface area contributed by atoms with Crippen molar-refractivity contribution in [2.24, 2.45) is 16.3 Å². The molecule has 24 heavy (non-hydrogen) atoms. The highest BCUT2D eigenvalue weighted by atomic mass is 127. The first-order valence-corrected chi connectivity index (χ1v) is 8.80. The van der Waals surface area contributed by atoms with Gasteiger partial charge in [0.15, 0.2) is 5.96 Å². The summed E-state index contributed by atoms with van der Waals surface area (Å²) in [4.78, 5) is 18.8. The number of aliphatic hydroxyl groups excluding tert-OH is 1. The van der Waals surface area contributed by atoms with E-state index in [-0.39, 0.29) is 47.9 Å². The van der Waals surface area contributed by atoms with Crippen molar-refractivity contribution in [3.05, 3.63) is 0 Å². The molecule has 0 aromatic rings. The van der Waals surface area contributed by atoms with Crippen LogP contribution in [0.2, 0.25) is 0 Å². The predicted octanol–water partition coefficient (Wildman–Crippen LogP) is 2.25. The van der Waals surface area contributed by atoms with E-state index in [1.807, 2.05) is 20.8 Å². The van der Waals surface area contributed by atoms with Crippen LogP contribution in [0, 0.1) is 11.3 Å². The summed E-state index contributed by atoms with van der Waals surface area (Å²) in [5.74, 6) is 0.638. The molecule has 0 bridgehead atoms. The zero-order chi connectivity index (χ0) is 17.3. The van der Waals surface area contributed by atoms with E-state index in [0.29, 0.717) is 19.7 Å². The van der Waals surface area contributed by atoms with E-state index in [1.165, 1.54) is 0 Å². The quantitative estimate of drug-likeness (QED) is 0.267. The molecule has 1 heterocycles. The van der Waals surface area contributed by atoms with Gasteiger partial charge in [0.2, 0.25) is 0 Å². The van der Waals surface area contributed by atoms with Crippen molar-refractivity contribution >= 4 is 35.9 Å². The second-order valence-electron chi connectivity index (χ2n) is 6.53. The van der Waals surface area contributed by atoms with Crippen LogP contribution in [-0.2, 0) is 9.53 Å². The lowest BCUT2D eigenvalue weighted by Gasteiger charge is -2.34. The number of aliphatic imine (C=N–C) groups is 1. The number of ether oxygens (including phenoxy) is 1. The third-order valence-electron chi connectivity index (χ3n) is 4.52. The highest BCUT2D eigenvalue weighted by Crippen LogP contribution is 2.22. The Hall–Kier alpha value is -0.570. The zero-order valence-electron chi connectivity index (χ0n) is 15.5. The molecular formula is C17H34IN3O3. The van der Waals surface area contributed by atoms with Crippen LogP contribution in [0.5, 0.6) is 0 Å². The lowest BCUT2D eigenvalue weighted by Crippen LogP contribution is -2.48. The molecule has 0 saturated carbocycles. The summed E-state index contributed by atoms with van der Waals surface area (Å²) < 4.78 is 5.16. The molecule has 142 valence electrons. The van der Waals surface area contributed by atoms with Crippen molar-refractivity contribution in [1.29, 1.82) is 0 Å². The summed E-state index contributed by atoms with van der Waals surface area (Å²) in [6.07, 6.45) is 2.70. The first-order chi connectivity index (χ1) is 11.0. The molecule has 0 radical (unpaired) electrons. The highest BCUT2D eigenvalue weighted by molar-refractivity contribution is 14.0. The van der Waals surface area contributed by atoms with Crippen LogP contribution in [0.15, 0.2) is 4.99 Å². The minimum absolute atomic E-state index is 0. The number of carbonyl (C=O) groups is 1. The molecule has 1 unspecified atom stereocenters. The number of piperidine rings is 1. The first kappa shape index (κ1) is 23.4. The maximum atomic E-state index is 12.0. The molecule has 1 saturated heterocycles. The van der Waals surface area contributed by atoms with Crippen LogP contribution in [0.25, 0.3) is 0 Å². The number of hydrogen-bond donors (Lipinski definition) is 2. The number of nitrogens with one attached hydrogen (secondary N) is 1. The number of aliphatic hydroxyl groups is 1. The Morgan fingerprint density at radius 2 is 2.12 bits per heavy atom. The summed E-state index contributed by atoms with van der Waals surface area (Å²) in [6.45, 7) is 11.4. The van der Waals surface area contributed by atoms with Gasteiger partial charge in [0.1, 0.15) is 0 Å². The van der Waals surface area contributed by atoms with E-state index < -0.39 is 0 Å². The molecule has 7 heteroatoms. The number of likely N-dealkylation sites (tertiary alicyclic amines) is 1. The summed E-state index contributed by atoms with van der Waals surface area (Å²) in [7, 11) is 0. The third-order valence-corrected chi connectivity index (χ3v) is 4.52. The molecule has 6 nitrogen and oxygen atoms in total. The fourth-order valence-corrected chi connectivity index (χ4v) is 2.59. The molecule has 2 atom stereocenters. The van der Waals surface area contributed by atoms with Gasteiger partial charge in [-0.2, -0.15) is 0 Å². The summed E-state index contributed by atoms with van der Waals surface area (Å²) in [6, 6.07) is 0. The summed E-state index contributed by atoms with van der Waals surface area (Å²) >= 11 is 0. The third kappa shape index (κ3) is 7.13. The van der Waals surface area contributed by atoms with E-state index in [0.717, 1.165) is 38.3 Å². The molecule has 0 aliphatic carbocycles. The molecule has 1 rings (SSSR count). The van der Waals surface area contributed by atoms with Gasteiger partial charge in [-0.15, -0.1) is 24.0 Å². The lowest BCUT2D eigenvalue weighted by molar-refractivity contribution is -0.149. The average molecular weight is 455 g/mol. The van der Waals surface area contributed by atoms with Gasteiger partial charge in [0.05, 0.1) is 25.7 Å². The van der Waals surface area contributed by atoms with Crippen LogP contribution in [-0.4, -0.2) is 61.3 Å². The van der Waals surface area contributed by atoms with Crippen LogP contribution in [0.3, 0.4) is 0 Å². The van der Waals surface area contributed by atoms with Crippen molar-refractivity contribution in [1.82, 2.24) is 10.2 Å². The Morgan fingerprint density at radius 1 is 1.42 bits per heavy atom. The molecule has 0 amide bonds. The van der Waals surface area contributed by atoms with Gasteiger partial charge in [0, 0.05) is 25.0 Å². The number of halogens is 1. The van der Waals surface area contributed by atoms with Gasteiger partial charge in [0.25, 0.3) is 0 Å². The Kier molecular flexibility index (Phi) is 11.6. The number of nitrogens with zero attached hydrogens (tertiary/aromatic N) is 2. The molecule has 1 fully saturated rings. The van der Waals surface area contributed by atoms with Crippen molar-refractivity contribution < 1.29 is 14.6 Å². The highest BCUT2D eigenvalue weighted by Gasteiger charge is 2.29. The monoisotopic (exact) mass is 455 g/mol. The van der Waals surface area contributed by atoms with Gasteiger partial charge >= 0.3 is 5.97 Å². The van der Waals surface area contributed by atoms with E-state index in [9.17, 15) is 9.90 Å². The Balaban J connectivity index is 0.00000529. The van der Waals surface area contributed by atoms with Gasteiger partial charge in [-0.05, 0) is 33.1 Å². The fourth-order valence-electron chi connectivity index (χ4n) is 2.59. The molecule has 1 aliphatic rings. The van der Waals surface area contributed by atoms with Crippen LogP contribution < -0.4 is 5.32 Å². The molecular weight excluding hydrogens is 421 g/mol. The van der Waals surface area contributed by atoms with Gasteiger partial charge in [-0.25, -0.2) is 0 Å². The Labute approximate surface area is 163 Å². The average Bonchev–Trinajstić information content (AvgIpc) is 2.58. The number of guanidine groups is 1. The summed E-state index contributed by atoms with van der Waals surface area (Å²) in [5.41, 5.74) is -0.197. The topological polar surface area (TPSA) is 74.2 Å². The largest absolute Gasteiger partial charge is 0.466 e. The number of carbonyl (C=O) groups excluding carboxylic acids is 1. The smallest absolute Gasteiger partial charge is 0.310 e. The molecule has 0 spiro atoms. The minimum Gasteiger partial charge on any atom is -0.466 e. The first-order valence-electron chi connectivity index (χ1n) is 8.80. The van der Waals surface area contributed by atoms with Gasteiger partial charge in [-0.1, -0.05) is 13.8 Å². The second-order valence-corrected chi connectivity index (χ2v) is 6.53. The number of hydrogen-bond acceptors (Lipinski definition) is 4. The SMILES string of the molecule is CCNC(=NCC(C)(CC)CO)N1CCC[C@@H](C(=O)OCC)C1.I. The lowest BCUT2D eigenvalue weighted by atomic mass is 9.89. The van der Waals surface area contributed by atoms with Gasteiger partial charge < -0.3 is 20.1 Å². The number of rotatable bonds is 7. The maximum Gasteiger partial charge on any atom is 0.310 e. The molecule has 1 aliphatic heterocycles. The molecule has 0 aromatic carbocycles. The predicted molar refractivity (Wildman–Crippen MR) is 108 cm³/mol. The zero-order valence-corrected chi connectivity index (χ0v) is 17.8. The van der Waals surface area contributed by atoms with E-state index in [1.54, 1.807) is 0 Å². The van der Waals surface area contributed by atoms with Crippen LogP contribution in [0.1, 0.15) is 47.0 Å².